The standard InChI is InChI=1S/C11H26OSi/c1-9(2)11(5,6)13(7,8)12-10(3)4/h9-10H,1-8H3. The fraction of sp³-hybridized carbons (Fsp3) is 1.00. The van der Waals surface area contributed by atoms with E-state index in [0.717, 1.165) is 0 Å². The van der Waals surface area contributed by atoms with E-state index in [4.69, 9.17) is 4.43 Å². The van der Waals surface area contributed by atoms with Crippen LogP contribution in [0.1, 0.15) is 41.5 Å². The first-order valence-electron chi connectivity index (χ1n) is 5.29. The summed E-state index contributed by atoms with van der Waals surface area (Å²) in [6.07, 6.45) is 0.361. The first kappa shape index (κ1) is 13.2. The van der Waals surface area contributed by atoms with Crippen LogP contribution in [0.15, 0.2) is 0 Å². The van der Waals surface area contributed by atoms with E-state index in [1.165, 1.54) is 0 Å². The van der Waals surface area contributed by atoms with Crippen LogP contribution in [0.3, 0.4) is 0 Å². The van der Waals surface area contributed by atoms with Gasteiger partial charge in [-0.2, -0.15) is 0 Å². The molecular formula is C11H26OSi. The number of hydrogen-bond acceptors (Lipinski definition) is 1. The van der Waals surface area contributed by atoms with E-state index in [-0.39, 0.29) is 0 Å². The van der Waals surface area contributed by atoms with Crippen molar-refractivity contribution in [2.45, 2.75) is 65.8 Å². The van der Waals surface area contributed by atoms with Gasteiger partial charge in [0.2, 0.25) is 0 Å². The fourth-order valence-corrected chi connectivity index (χ4v) is 4.31. The summed E-state index contributed by atoms with van der Waals surface area (Å²) in [5.74, 6) is 0.688. The molecule has 0 aliphatic rings. The molecule has 0 fully saturated rings. The third-order valence-electron chi connectivity index (χ3n) is 3.53. The Bertz CT molecular complexity index is 159. The molecule has 0 spiro atoms. The lowest BCUT2D eigenvalue weighted by Gasteiger charge is -2.43. The molecule has 0 bridgehead atoms. The Morgan fingerprint density at radius 2 is 1.38 bits per heavy atom. The first-order chi connectivity index (χ1) is 5.61. The molecule has 0 atom stereocenters. The van der Waals surface area contributed by atoms with Crippen LogP contribution in [-0.4, -0.2) is 14.4 Å². The van der Waals surface area contributed by atoms with E-state index in [0.29, 0.717) is 17.1 Å². The van der Waals surface area contributed by atoms with Crippen molar-refractivity contribution in [2.24, 2.45) is 5.92 Å². The Kier molecular flexibility index (Phi) is 4.19. The zero-order valence-corrected chi connectivity index (χ0v) is 11.6. The maximum Gasteiger partial charge on any atom is 0.192 e. The molecule has 13 heavy (non-hydrogen) atoms. The largest absolute Gasteiger partial charge is 0.414 e. The zero-order valence-electron chi connectivity index (χ0n) is 10.6. The molecule has 0 radical (unpaired) electrons. The minimum atomic E-state index is -1.56. The lowest BCUT2D eigenvalue weighted by molar-refractivity contribution is 0.206. The van der Waals surface area contributed by atoms with E-state index in [9.17, 15) is 0 Å². The SMILES string of the molecule is CC(C)O[Si](C)(C)C(C)(C)C(C)C. The Labute approximate surface area is 85.0 Å². The van der Waals surface area contributed by atoms with Crippen molar-refractivity contribution in [1.29, 1.82) is 0 Å². The Hall–Kier alpha value is 0.177. The molecule has 1 nitrogen and oxygen atoms in total. The highest BCUT2D eigenvalue weighted by atomic mass is 28.4. The van der Waals surface area contributed by atoms with Crippen LogP contribution in [0, 0.1) is 5.92 Å². The Morgan fingerprint density at radius 3 is 1.62 bits per heavy atom. The predicted molar refractivity (Wildman–Crippen MR) is 62.6 cm³/mol. The first-order valence-corrected chi connectivity index (χ1v) is 8.20. The van der Waals surface area contributed by atoms with Gasteiger partial charge in [-0.05, 0) is 37.9 Å². The van der Waals surface area contributed by atoms with E-state index in [2.05, 4.69) is 54.6 Å². The summed E-state index contributed by atoms with van der Waals surface area (Å²) in [6, 6.07) is 0. The van der Waals surface area contributed by atoms with Gasteiger partial charge in [0.25, 0.3) is 0 Å². The van der Waals surface area contributed by atoms with Gasteiger partial charge in [-0.25, -0.2) is 0 Å². The van der Waals surface area contributed by atoms with Crippen LogP contribution < -0.4 is 0 Å². The second-order valence-corrected chi connectivity index (χ2v) is 10.1. The fourth-order valence-electron chi connectivity index (χ4n) is 1.44. The average molecular weight is 202 g/mol. The topological polar surface area (TPSA) is 9.23 Å². The highest BCUT2D eigenvalue weighted by Gasteiger charge is 2.43. The highest BCUT2D eigenvalue weighted by molar-refractivity contribution is 6.74. The molecule has 80 valence electrons. The second-order valence-electron chi connectivity index (χ2n) is 5.55. The highest BCUT2D eigenvalue weighted by Crippen LogP contribution is 2.44. The predicted octanol–water partition coefficient (Wildman–Crippen LogP) is 4.05. The van der Waals surface area contributed by atoms with Crippen LogP contribution in [0.2, 0.25) is 18.1 Å². The van der Waals surface area contributed by atoms with Gasteiger partial charge in [-0.15, -0.1) is 0 Å². The van der Waals surface area contributed by atoms with Crippen LogP contribution in [0.25, 0.3) is 0 Å². The van der Waals surface area contributed by atoms with Crippen molar-refractivity contribution in [3.8, 4) is 0 Å². The van der Waals surface area contributed by atoms with Crippen LogP contribution in [0.4, 0.5) is 0 Å². The van der Waals surface area contributed by atoms with Gasteiger partial charge in [0, 0.05) is 6.10 Å². The maximum atomic E-state index is 6.10. The molecule has 0 aliphatic carbocycles. The Balaban J connectivity index is 4.60. The van der Waals surface area contributed by atoms with E-state index >= 15 is 0 Å². The summed E-state index contributed by atoms with van der Waals surface area (Å²) in [7, 11) is -1.56. The van der Waals surface area contributed by atoms with Gasteiger partial charge >= 0.3 is 0 Å². The molecule has 0 unspecified atom stereocenters. The molecule has 0 aliphatic heterocycles. The third kappa shape index (κ3) is 3.10. The van der Waals surface area contributed by atoms with Crippen molar-refractivity contribution in [3.63, 3.8) is 0 Å². The molecule has 0 saturated heterocycles. The van der Waals surface area contributed by atoms with Crippen LogP contribution in [-0.2, 0) is 4.43 Å². The van der Waals surface area contributed by atoms with E-state index in [1.54, 1.807) is 0 Å². The minimum Gasteiger partial charge on any atom is -0.414 e. The molecule has 0 amide bonds. The van der Waals surface area contributed by atoms with Crippen LogP contribution in [0.5, 0.6) is 0 Å². The zero-order chi connectivity index (χ0) is 10.9. The normalized spacial score (nSPS) is 14.3. The molecule has 0 aromatic rings. The van der Waals surface area contributed by atoms with Crippen molar-refractivity contribution in [1.82, 2.24) is 0 Å². The smallest absolute Gasteiger partial charge is 0.192 e. The van der Waals surface area contributed by atoms with Gasteiger partial charge in [0.1, 0.15) is 0 Å². The van der Waals surface area contributed by atoms with Gasteiger partial charge < -0.3 is 4.43 Å². The lowest BCUT2D eigenvalue weighted by Crippen LogP contribution is -2.46. The summed E-state index contributed by atoms with van der Waals surface area (Å²) in [4.78, 5) is 0. The minimum absolute atomic E-state index is 0.345. The van der Waals surface area contributed by atoms with Gasteiger partial charge in [-0.3, -0.25) is 0 Å². The molecule has 2 heteroatoms. The molecule has 0 aromatic carbocycles. The van der Waals surface area contributed by atoms with Crippen molar-refractivity contribution in [3.05, 3.63) is 0 Å². The Morgan fingerprint density at radius 1 is 1.00 bits per heavy atom. The van der Waals surface area contributed by atoms with Crippen molar-refractivity contribution in [2.75, 3.05) is 0 Å². The molecule has 0 saturated carbocycles. The van der Waals surface area contributed by atoms with Gasteiger partial charge in [0.05, 0.1) is 0 Å². The quantitative estimate of drug-likeness (QED) is 0.625. The monoisotopic (exact) mass is 202 g/mol. The molecular weight excluding hydrogens is 176 g/mol. The van der Waals surface area contributed by atoms with Gasteiger partial charge in [-0.1, -0.05) is 27.7 Å². The van der Waals surface area contributed by atoms with E-state index in [1.807, 2.05) is 0 Å². The third-order valence-corrected chi connectivity index (χ3v) is 8.27. The maximum absolute atomic E-state index is 6.10. The van der Waals surface area contributed by atoms with Crippen molar-refractivity contribution >= 4 is 8.32 Å². The molecule has 0 heterocycles. The number of rotatable bonds is 4. The van der Waals surface area contributed by atoms with Crippen LogP contribution >= 0.6 is 0 Å². The van der Waals surface area contributed by atoms with Gasteiger partial charge in [0.15, 0.2) is 8.32 Å². The van der Waals surface area contributed by atoms with E-state index < -0.39 is 8.32 Å². The summed E-state index contributed by atoms with van der Waals surface area (Å²) >= 11 is 0. The molecule has 0 aromatic heterocycles. The second kappa shape index (κ2) is 4.14. The average Bonchev–Trinajstić information content (AvgIpc) is 1.83. The number of hydrogen-bond donors (Lipinski definition) is 0. The summed E-state index contributed by atoms with van der Waals surface area (Å²) < 4.78 is 6.10. The summed E-state index contributed by atoms with van der Waals surface area (Å²) in [5, 5.41) is 0.345. The molecule has 0 N–H and O–H groups in total. The molecule has 0 rings (SSSR count). The lowest BCUT2D eigenvalue weighted by atomic mass is 9.99. The van der Waals surface area contributed by atoms with Crippen molar-refractivity contribution < 1.29 is 4.43 Å². The summed E-state index contributed by atoms with van der Waals surface area (Å²) in [5.41, 5.74) is 0. The summed E-state index contributed by atoms with van der Waals surface area (Å²) in [6.45, 7) is 18.2.